The van der Waals surface area contributed by atoms with Crippen molar-refractivity contribution in [1.82, 2.24) is 0 Å². The first-order chi connectivity index (χ1) is 36.0. The summed E-state index contributed by atoms with van der Waals surface area (Å²) in [6.07, 6.45) is 84.5. The molecule has 0 heterocycles. The molecule has 0 saturated carbocycles. The highest BCUT2D eigenvalue weighted by Crippen LogP contribution is 2.13. The van der Waals surface area contributed by atoms with Gasteiger partial charge in [-0.15, -0.1) is 0 Å². The van der Waals surface area contributed by atoms with E-state index >= 15 is 0 Å². The van der Waals surface area contributed by atoms with Gasteiger partial charge in [-0.1, -0.05) is 238 Å². The van der Waals surface area contributed by atoms with Crippen LogP contribution in [-0.2, 0) is 28.6 Å². The van der Waals surface area contributed by atoms with Crippen molar-refractivity contribution in [2.24, 2.45) is 0 Å². The Hall–Kier alpha value is -4.45. The molecule has 0 radical (unpaired) electrons. The number of allylic oxidation sites excluding steroid dienone is 22. The van der Waals surface area contributed by atoms with Gasteiger partial charge in [0, 0.05) is 19.3 Å². The van der Waals surface area contributed by atoms with Gasteiger partial charge in [-0.3, -0.25) is 14.4 Å². The topological polar surface area (TPSA) is 78.9 Å². The molecule has 0 rings (SSSR count). The predicted octanol–water partition coefficient (Wildman–Crippen LogP) is 20.2. The van der Waals surface area contributed by atoms with Crippen molar-refractivity contribution in [3.63, 3.8) is 0 Å². The van der Waals surface area contributed by atoms with E-state index in [9.17, 15) is 14.4 Å². The Morgan fingerprint density at radius 1 is 0.274 bits per heavy atom. The first-order valence-corrected chi connectivity index (χ1v) is 29.7. The normalized spacial score (nSPS) is 13.1. The molecule has 6 nitrogen and oxygen atoms in total. The Labute approximate surface area is 449 Å². The van der Waals surface area contributed by atoms with Crippen LogP contribution in [0.15, 0.2) is 134 Å². The summed E-state index contributed by atoms with van der Waals surface area (Å²) in [6, 6.07) is 0. The highest BCUT2D eigenvalue weighted by molar-refractivity contribution is 5.71. The van der Waals surface area contributed by atoms with Crippen LogP contribution in [0.2, 0.25) is 0 Å². The van der Waals surface area contributed by atoms with E-state index < -0.39 is 6.10 Å². The van der Waals surface area contributed by atoms with Crippen molar-refractivity contribution in [2.75, 3.05) is 13.2 Å². The lowest BCUT2D eigenvalue weighted by Gasteiger charge is -2.18. The quantitative estimate of drug-likeness (QED) is 0.0261. The molecule has 0 saturated heterocycles. The summed E-state index contributed by atoms with van der Waals surface area (Å²) in [5.74, 6) is -1.08. The second-order valence-electron chi connectivity index (χ2n) is 19.2. The Bertz CT molecular complexity index is 1580. The zero-order chi connectivity index (χ0) is 52.9. The first kappa shape index (κ1) is 68.6. The summed E-state index contributed by atoms with van der Waals surface area (Å²) >= 11 is 0. The first-order valence-electron chi connectivity index (χ1n) is 29.7. The van der Waals surface area contributed by atoms with Gasteiger partial charge < -0.3 is 14.2 Å². The minimum Gasteiger partial charge on any atom is -0.462 e. The number of hydrogen-bond acceptors (Lipinski definition) is 6. The van der Waals surface area contributed by atoms with E-state index in [1.165, 1.54) is 122 Å². The smallest absolute Gasteiger partial charge is 0.306 e. The van der Waals surface area contributed by atoms with E-state index in [1.54, 1.807) is 0 Å². The minimum absolute atomic E-state index is 0.129. The van der Waals surface area contributed by atoms with Crippen molar-refractivity contribution in [1.29, 1.82) is 0 Å². The molecule has 1 atom stereocenters. The van der Waals surface area contributed by atoms with Crippen LogP contribution in [0.1, 0.15) is 252 Å². The summed E-state index contributed by atoms with van der Waals surface area (Å²) < 4.78 is 16.8. The summed E-state index contributed by atoms with van der Waals surface area (Å²) in [5.41, 5.74) is 0. The maximum Gasteiger partial charge on any atom is 0.306 e. The van der Waals surface area contributed by atoms with Gasteiger partial charge in [-0.2, -0.15) is 0 Å². The number of hydrogen-bond donors (Lipinski definition) is 0. The highest BCUT2D eigenvalue weighted by Gasteiger charge is 2.19. The molecular weight excluding hydrogens is 901 g/mol. The average molecular weight is 1010 g/mol. The number of unbranched alkanes of at least 4 members (excludes halogenated alkanes) is 19. The molecular formula is C67H108O6. The molecule has 412 valence electrons. The fourth-order valence-corrected chi connectivity index (χ4v) is 7.62. The fraction of sp³-hybridized carbons (Fsp3) is 0.627. The fourth-order valence-electron chi connectivity index (χ4n) is 7.62. The van der Waals surface area contributed by atoms with Crippen LogP contribution in [0.5, 0.6) is 0 Å². The molecule has 0 bridgehead atoms. The monoisotopic (exact) mass is 1010 g/mol. The maximum absolute atomic E-state index is 12.8. The molecule has 0 amide bonds. The van der Waals surface area contributed by atoms with Gasteiger partial charge in [0.1, 0.15) is 13.2 Å². The van der Waals surface area contributed by atoms with E-state index in [-0.39, 0.29) is 44.0 Å². The van der Waals surface area contributed by atoms with Crippen molar-refractivity contribution < 1.29 is 28.6 Å². The van der Waals surface area contributed by atoms with E-state index in [2.05, 4.69) is 148 Å². The molecule has 6 heteroatoms. The number of rotatable bonds is 52. The Morgan fingerprint density at radius 2 is 0.534 bits per heavy atom. The molecule has 0 spiro atoms. The lowest BCUT2D eigenvalue weighted by atomic mass is 10.1. The van der Waals surface area contributed by atoms with E-state index in [0.717, 1.165) is 77.0 Å². The summed E-state index contributed by atoms with van der Waals surface area (Å²) in [4.78, 5) is 38.2. The van der Waals surface area contributed by atoms with E-state index in [0.29, 0.717) is 19.3 Å². The standard InChI is InChI=1S/C67H108O6/c1-4-7-10-13-16-19-22-25-28-31-33-36-38-41-44-47-50-53-56-59-65(68)71-62-64(73-67(70)61-58-55-52-49-46-43-40-35-30-27-24-21-18-15-12-9-6-3)63-72-66(69)60-57-54-51-48-45-42-39-37-34-32-29-26-23-20-17-14-11-8-5-2/h16-21,25-30,33,36,40-41,43-44,49-50,52-53,64H,4-15,22-24,31-32,34-35,37-39,42,45-48,51,54-63H2,1-3H3/b19-16-,20-17-,21-18-,28-25-,29-26-,30-27-,36-33-,43-40-,44-41-,52-49-,53-50-/t64-/m1/s1. The van der Waals surface area contributed by atoms with Crippen LogP contribution in [0, 0.1) is 0 Å². The van der Waals surface area contributed by atoms with Crippen LogP contribution < -0.4 is 0 Å². The molecule has 0 aliphatic rings. The summed E-state index contributed by atoms with van der Waals surface area (Å²) in [5, 5.41) is 0. The van der Waals surface area contributed by atoms with Gasteiger partial charge >= 0.3 is 17.9 Å². The second-order valence-corrected chi connectivity index (χ2v) is 19.2. The zero-order valence-corrected chi connectivity index (χ0v) is 47.1. The highest BCUT2D eigenvalue weighted by atomic mass is 16.6. The van der Waals surface area contributed by atoms with Crippen molar-refractivity contribution in [3.05, 3.63) is 134 Å². The SMILES string of the molecule is CCCCC/C=C\C/C=C\C/C=C\C/C=C\C/C=C\CCC(=O)OC[C@H](COC(=O)CCCCCCCCCCC/C=C\C/C=C\CCCCC)OC(=O)CCC/C=C\C/C=C\C/C=C\C/C=C\CCCCC. The lowest BCUT2D eigenvalue weighted by molar-refractivity contribution is -0.166. The summed E-state index contributed by atoms with van der Waals surface area (Å²) in [7, 11) is 0. The van der Waals surface area contributed by atoms with Gasteiger partial charge in [0.25, 0.3) is 0 Å². The van der Waals surface area contributed by atoms with Crippen LogP contribution in [0.25, 0.3) is 0 Å². The molecule has 0 fully saturated rings. The molecule has 73 heavy (non-hydrogen) atoms. The molecule has 0 aliphatic carbocycles. The number of carbonyl (C=O) groups is 3. The summed E-state index contributed by atoms with van der Waals surface area (Å²) in [6.45, 7) is 6.44. The number of esters is 3. The third-order valence-electron chi connectivity index (χ3n) is 12.1. The van der Waals surface area contributed by atoms with Gasteiger partial charge in [-0.25, -0.2) is 0 Å². The largest absolute Gasteiger partial charge is 0.462 e. The van der Waals surface area contributed by atoms with Crippen molar-refractivity contribution in [3.8, 4) is 0 Å². The second kappa shape index (κ2) is 60.1. The van der Waals surface area contributed by atoms with Gasteiger partial charge in [-0.05, 0) is 128 Å². The Balaban J connectivity index is 4.59. The van der Waals surface area contributed by atoms with Crippen LogP contribution in [-0.4, -0.2) is 37.2 Å². The average Bonchev–Trinajstić information content (AvgIpc) is 3.39. The Morgan fingerprint density at radius 3 is 0.890 bits per heavy atom. The van der Waals surface area contributed by atoms with Crippen LogP contribution in [0.4, 0.5) is 0 Å². The zero-order valence-electron chi connectivity index (χ0n) is 47.1. The van der Waals surface area contributed by atoms with Gasteiger partial charge in [0.05, 0.1) is 0 Å². The number of ether oxygens (including phenoxy) is 3. The minimum atomic E-state index is -0.844. The van der Waals surface area contributed by atoms with Crippen molar-refractivity contribution in [2.45, 2.75) is 258 Å². The third kappa shape index (κ3) is 58.3. The molecule has 0 aliphatic heterocycles. The predicted molar refractivity (Wildman–Crippen MR) is 316 cm³/mol. The molecule has 0 aromatic rings. The van der Waals surface area contributed by atoms with Crippen LogP contribution >= 0.6 is 0 Å². The van der Waals surface area contributed by atoms with Crippen molar-refractivity contribution >= 4 is 17.9 Å². The van der Waals surface area contributed by atoms with Crippen LogP contribution in [0.3, 0.4) is 0 Å². The molecule has 0 aromatic heterocycles. The van der Waals surface area contributed by atoms with E-state index in [1.807, 2.05) is 6.08 Å². The van der Waals surface area contributed by atoms with Gasteiger partial charge in [0.15, 0.2) is 6.10 Å². The third-order valence-corrected chi connectivity index (χ3v) is 12.1. The molecule has 0 N–H and O–H groups in total. The lowest BCUT2D eigenvalue weighted by Crippen LogP contribution is -2.30. The maximum atomic E-state index is 12.8. The number of carbonyl (C=O) groups excluding carboxylic acids is 3. The van der Waals surface area contributed by atoms with E-state index in [4.69, 9.17) is 14.2 Å². The molecule has 0 unspecified atom stereocenters. The van der Waals surface area contributed by atoms with Gasteiger partial charge in [0.2, 0.25) is 0 Å². The Kier molecular flexibility index (Phi) is 56.4. The molecule has 0 aromatic carbocycles.